The van der Waals surface area contributed by atoms with Gasteiger partial charge in [-0.15, -0.1) is 0 Å². The molecule has 2 aliphatic heterocycles. The lowest BCUT2D eigenvalue weighted by molar-refractivity contribution is -0.127. The molecular weight excluding hydrogens is 368 g/mol. The molecule has 0 unspecified atom stereocenters. The van der Waals surface area contributed by atoms with Crippen molar-refractivity contribution >= 4 is 6.09 Å². The van der Waals surface area contributed by atoms with E-state index in [1.807, 2.05) is 30.3 Å². The molecule has 2 fully saturated rings. The molecule has 1 amide bonds. The molecule has 28 heavy (non-hydrogen) atoms. The predicted molar refractivity (Wildman–Crippen MR) is 96.5 cm³/mol. The fraction of sp³-hybridized carbons (Fsp3) is 0.381. The first-order valence-corrected chi connectivity index (χ1v) is 9.20. The van der Waals surface area contributed by atoms with Gasteiger partial charge in [0.2, 0.25) is 0 Å². The second kappa shape index (κ2) is 7.85. The summed E-state index contributed by atoms with van der Waals surface area (Å²) in [5.41, 5.74) is -0.0159. The minimum Gasteiger partial charge on any atom is -0.449 e. The van der Waals surface area contributed by atoms with Crippen LogP contribution in [0.4, 0.5) is 13.6 Å². The van der Waals surface area contributed by atoms with Gasteiger partial charge in [0, 0.05) is 11.5 Å². The summed E-state index contributed by atoms with van der Waals surface area (Å²) in [5, 5.41) is 2.69. The Balaban J connectivity index is 1.47. The molecule has 5 nitrogen and oxygen atoms in total. The van der Waals surface area contributed by atoms with E-state index in [0.29, 0.717) is 19.6 Å². The number of cyclic esters (lactones) is 1. The van der Waals surface area contributed by atoms with E-state index in [9.17, 15) is 13.6 Å². The van der Waals surface area contributed by atoms with E-state index in [1.165, 1.54) is 0 Å². The van der Waals surface area contributed by atoms with Gasteiger partial charge in [0.25, 0.3) is 0 Å². The predicted octanol–water partition coefficient (Wildman–Crippen LogP) is 3.52. The van der Waals surface area contributed by atoms with E-state index in [0.717, 1.165) is 23.8 Å². The van der Waals surface area contributed by atoms with Crippen LogP contribution in [-0.2, 0) is 26.4 Å². The number of rotatable bonds is 5. The SMILES string of the molecule is O=C1N[C@@]2(c3cc(F)ccc3F)CO[C@@H](COCc3ccccc3)C[C@H]2CO1. The molecule has 2 aromatic carbocycles. The molecule has 2 aliphatic rings. The van der Waals surface area contributed by atoms with E-state index >= 15 is 0 Å². The van der Waals surface area contributed by atoms with Crippen molar-refractivity contribution in [1.29, 1.82) is 0 Å². The van der Waals surface area contributed by atoms with Crippen LogP contribution in [0.5, 0.6) is 0 Å². The Bertz CT molecular complexity index is 848. The third kappa shape index (κ3) is 3.72. The van der Waals surface area contributed by atoms with Crippen molar-refractivity contribution in [1.82, 2.24) is 5.32 Å². The zero-order chi connectivity index (χ0) is 19.6. The summed E-state index contributed by atoms with van der Waals surface area (Å²) in [6.45, 7) is 0.955. The van der Waals surface area contributed by atoms with Gasteiger partial charge in [-0.25, -0.2) is 13.6 Å². The maximum absolute atomic E-state index is 14.5. The topological polar surface area (TPSA) is 56.8 Å². The van der Waals surface area contributed by atoms with Crippen LogP contribution in [0, 0.1) is 17.6 Å². The highest BCUT2D eigenvalue weighted by Gasteiger charge is 2.51. The fourth-order valence-corrected chi connectivity index (χ4v) is 3.90. The monoisotopic (exact) mass is 389 g/mol. The largest absolute Gasteiger partial charge is 0.449 e. The summed E-state index contributed by atoms with van der Waals surface area (Å²) in [6.07, 6.45) is -0.398. The Morgan fingerprint density at radius 1 is 1.18 bits per heavy atom. The highest BCUT2D eigenvalue weighted by atomic mass is 19.1. The van der Waals surface area contributed by atoms with Crippen LogP contribution in [0.15, 0.2) is 48.5 Å². The molecule has 2 aromatic rings. The Morgan fingerprint density at radius 3 is 2.82 bits per heavy atom. The zero-order valence-corrected chi connectivity index (χ0v) is 15.2. The molecule has 0 aromatic heterocycles. The number of carbonyl (C=O) groups excluding carboxylic acids is 1. The van der Waals surface area contributed by atoms with E-state index in [-0.39, 0.29) is 30.8 Å². The van der Waals surface area contributed by atoms with E-state index in [1.54, 1.807) is 0 Å². The molecule has 2 heterocycles. The van der Waals surface area contributed by atoms with Gasteiger partial charge in [0.1, 0.15) is 17.2 Å². The number of nitrogens with one attached hydrogen (secondary N) is 1. The normalized spacial score (nSPS) is 26.9. The maximum atomic E-state index is 14.5. The second-order valence-corrected chi connectivity index (χ2v) is 7.19. The molecule has 0 radical (unpaired) electrons. The molecule has 2 saturated heterocycles. The number of halogens is 2. The number of hydrogen-bond donors (Lipinski definition) is 1. The molecule has 3 atom stereocenters. The van der Waals surface area contributed by atoms with E-state index < -0.39 is 23.3 Å². The lowest BCUT2D eigenvalue weighted by atomic mass is 9.73. The van der Waals surface area contributed by atoms with Crippen molar-refractivity contribution in [3.63, 3.8) is 0 Å². The highest BCUT2D eigenvalue weighted by Crippen LogP contribution is 2.41. The number of carbonyl (C=O) groups is 1. The van der Waals surface area contributed by atoms with Crippen LogP contribution in [0.2, 0.25) is 0 Å². The third-order valence-electron chi connectivity index (χ3n) is 5.36. The van der Waals surface area contributed by atoms with Crippen LogP contribution in [0.3, 0.4) is 0 Å². The van der Waals surface area contributed by atoms with Crippen LogP contribution in [-0.4, -0.2) is 32.0 Å². The van der Waals surface area contributed by atoms with E-state index in [4.69, 9.17) is 14.2 Å². The van der Waals surface area contributed by atoms with Crippen molar-refractivity contribution in [2.45, 2.75) is 24.7 Å². The third-order valence-corrected chi connectivity index (χ3v) is 5.36. The van der Waals surface area contributed by atoms with Gasteiger partial charge in [-0.1, -0.05) is 30.3 Å². The Labute approximate surface area is 161 Å². The van der Waals surface area contributed by atoms with E-state index in [2.05, 4.69) is 5.32 Å². The molecule has 7 heteroatoms. The molecule has 148 valence electrons. The average Bonchev–Trinajstić information content (AvgIpc) is 2.70. The standard InChI is InChI=1S/C21H21F2NO4/c22-16-6-7-19(23)18(9-16)21-13-28-17(8-15(21)11-27-20(25)24-21)12-26-10-14-4-2-1-3-5-14/h1-7,9,15,17H,8,10-13H2,(H,24,25)/t15-,17+,21-/m0/s1. The van der Waals surface area contributed by atoms with Crippen LogP contribution >= 0.6 is 0 Å². The van der Waals surface area contributed by atoms with Gasteiger partial charge < -0.3 is 19.5 Å². The van der Waals surface area contributed by atoms with Gasteiger partial charge in [-0.3, -0.25) is 0 Å². The number of hydrogen-bond acceptors (Lipinski definition) is 4. The Kier molecular flexibility index (Phi) is 5.28. The second-order valence-electron chi connectivity index (χ2n) is 7.19. The molecule has 0 spiro atoms. The number of ether oxygens (including phenoxy) is 3. The van der Waals surface area contributed by atoms with Gasteiger partial charge in [0.05, 0.1) is 32.5 Å². The summed E-state index contributed by atoms with van der Waals surface area (Å²) < 4.78 is 45.1. The Hall–Kier alpha value is -2.51. The average molecular weight is 389 g/mol. The molecular formula is C21H21F2NO4. The van der Waals surface area contributed by atoms with Gasteiger partial charge in [-0.05, 0) is 30.2 Å². The fourth-order valence-electron chi connectivity index (χ4n) is 3.90. The summed E-state index contributed by atoms with van der Waals surface area (Å²) in [4.78, 5) is 11.9. The van der Waals surface area contributed by atoms with Gasteiger partial charge in [-0.2, -0.15) is 0 Å². The van der Waals surface area contributed by atoms with Gasteiger partial charge >= 0.3 is 6.09 Å². The van der Waals surface area contributed by atoms with Crippen molar-refractivity contribution < 1.29 is 27.8 Å². The van der Waals surface area contributed by atoms with Crippen molar-refractivity contribution in [3.8, 4) is 0 Å². The van der Waals surface area contributed by atoms with Crippen LogP contribution in [0.25, 0.3) is 0 Å². The molecule has 4 rings (SSSR count). The highest BCUT2D eigenvalue weighted by molar-refractivity contribution is 5.70. The summed E-state index contributed by atoms with van der Waals surface area (Å²) >= 11 is 0. The number of amides is 1. The molecule has 0 saturated carbocycles. The smallest absolute Gasteiger partial charge is 0.407 e. The quantitative estimate of drug-likeness (QED) is 0.850. The van der Waals surface area contributed by atoms with Gasteiger partial charge in [0.15, 0.2) is 0 Å². The van der Waals surface area contributed by atoms with Crippen molar-refractivity contribution in [3.05, 3.63) is 71.3 Å². The van der Waals surface area contributed by atoms with Crippen molar-refractivity contribution in [2.24, 2.45) is 5.92 Å². The number of alkyl carbamates (subject to hydrolysis) is 1. The van der Waals surface area contributed by atoms with Crippen LogP contribution in [0.1, 0.15) is 17.5 Å². The minimum atomic E-state index is -1.16. The molecule has 0 bridgehead atoms. The summed E-state index contributed by atoms with van der Waals surface area (Å²) in [6, 6.07) is 13.0. The maximum Gasteiger partial charge on any atom is 0.407 e. The number of fused-ring (bicyclic) bond motifs is 1. The number of benzene rings is 2. The lowest BCUT2D eigenvalue weighted by Gasteiger charge is -2.49. The summed E-state index contributed by atoms with van der Waals surface area (Å²) in [5.74, 6) is -1.42. The minimum absolute atomic E-state index is 0.0203. The van der Waals surface area contributed by atoms with Crippen LogP contribution < -0.4 is 5.32 Å². The Morgan fingerprint density at radius 2 is 2.00 bits per heavy atom. The lowest BCUT2D eigenvalue weighted by Crippen LogP contribution is -2.63. The zero-order valence-electron chi connectivity index (χ0n) is 15.2. The first-order chi connectivity index (χ1) is 13.6. The summed E-state index contributed by atoms with van der Waals surface area (Å²) in [7, 11) is 0. The first kappa shape index (κ1) is 18.8. The van der Waals surface area contributed by atoms with Crippen molar-refractivity contribution in [2.75, 3.05) is 19.8 Å². The molecule has 1 N–H and O–H groups in total. The molecule has 0 aliphatic carbocycles. The first-order valence-electron chi connectivity index (χ1n) is 9.20.